The van der Waals surface area contributed by atoms with Gasteiger partial charge in [0.05, 0.1) is 0 Å². The second kappa shape index (κ2) is 6.60. The average molecular weight is 212 g/mol. The highest BCUT2D eigenvalue weighted by molar-refractivity contribution is 6.03. The summed E-state index contributed by atoms with van der Waals surface area (Å²) in [6.45, 7) is 5.16. The molecule has 0 atom stereocenters. The van der Waals surface area contributed by atoms with Gasteiger partial charge in [-0.25, -0.2) is 0 Å². The van der Waals surface area contributed by atoms with Crippen molar-refractivity contribution in [1.82, 2.24) is 0 Å². The van der Waals surface area contributed by atoms with Crippen molar-refractivity contribution < 1.29 is 4.79 Å². The lowest BCUT2D eigenvalue weighted by atomic mass is 10.1. The molecule has 1 nitrogen and oxygen atoms in total. The quantitative estimate of drug-likeness (QED) is 0.539. The van der Waals surface area contributed by atoms with Gasteiger partial charge in [0.25, 0.3) is 0 Å². The Balaban J connectivity index is 2.39. The molecular formula is C15H16O. The van der Waals surface area contributed by atoms with Gasteiger partial charge in [0.1, 0.15) is 0 Å². The van der Waals surface area contributed by atoms with Crippen LogP contribution in [0.2, 0.25) is 0 Å². The molecule has 0 unspecified atom stereocenters. The van der Waals surface area contributed by atoms with Gasteiger partial charge in [-0.3, -0.25) is 4.79 Å². The molecule has 0 radical (unpaired) electrons. The van der Waals surface area contributed by atoms with Crippen molar-refractivity contribution in [3.63, 3.8) is 0 Å². The van der Waals surface area contributed by atoms with E-state index >= 15 is 0 Å². The van der Waals surface area contributed by atoms with Gasteiger partial charge in [-0.05, 0) is 31.4 Å². The Hall–Kier alpha value is -1.85. The molecule has 0 saturated heterocycles. The van der Waals surface area contributed by atoms with E-state index in [0.717, 1.165) is 12.8 Å². The molecule has 0 spiro atoms. The minimum absolute atomic E-state index is 0.0111. The summed E-state index contributed by atoms with van der Waals surface area (Å²) in [5, 5.41) is 0. The van der Waals surface area contributed by atoms with Crippen molar-refractivity contribution in [3.05, 3.63) is 65.9 Å². The number of ketones is 1. The van der Waals surface area contributed by atoms with Gasteiger partial charge < -0.3 is 0 Å². The van der Waals surface area contributed by atoms with Crippen molar-refractivity contribution in [1.29, 1.82) is 0 Å². The summed E-state index contributed by atoms with van der Waals surface area (Å²) in [7, 11) is 0. The molecule has 1 aromatic carbocycles. The van der Waals surface area contributed by atoms with E-state index in [-0.39, 0.29) is 5.78 Å². The van der Waals surface area contributed by atoms with Gasteiger partial charge in [-0.2, -0.15) is 0 Å². The van der Waals surface area contributed by atoms with Crippen LogP contribution in [0.1, 0.15) is 18.9 Å². The molecule has 0 aliphatic carbocycles. The van der Waals surface area contributed by atoms with E-state index in [1.54, 1.807) is 13.0 Å². The van der Waals surface area contributed by atoms with Crippen LogP contribution in [0.15, 0.2) is 60.4 Å². The number of aryl methyl sites for hydroxylation is 1. The first-order valence-electron chi connectivity index (χ1n) is 5.35. The maximum Gasteiger partial charge on any atom is 0.188 e. The second-order valence-corrected chi connectivity index (χ2v) is 3.59. The number of benzene rings is 1. The maximum absolute atomic E-state index is 11.4. The molecule has 1 aromatic rings. The van der Waals surface area contributed by atoms with Gasteiger partial charge in [-0.1, -0.05) is 43.0 Å². The van der Waals surface area contributed by atoms with E-state index in [0.29, 0.717) is 5.57 Å². The molecule has 0 bridgehead atoms. The molecule has 0 aliphatic rings. The summed E-state index contributed by atoms with van der Waals surface area (Å²) >= 11 is 0. The minimum Gasteiger partial charge on any atom is -0.289 e. The zero-order valence-corrected chi connectivity index (χ0v) is 9.57. The van der Waals surface area contributed by atoms with Crippen LogP contribution in [0.5, 0.6) is 0 Å². The summed E-state index contributed by atoms with van der Waals surface area (Å²) in [4.78, 5) is 11.4. The van der Waals surface area contributed by atoms with E-state index in [2.05, 4.69) is 24.4 Å². The first-order chi connectivity index (χ1) is 7.74. The molecule has 82 valence electrons. The second-order valence-electron chi connectivity index (χ2n) is 3.59. The SMILES string of the molecule is C=C=C(C)C(=O)/C=C/CCc1ccccc1. The lowest BCUT2D eigenvalue weighted by Gasteiger charge is -1.96. The minimum atomic E-state index is -0.0111. The number of hydrogen-bond donors (Lipinski definition) is 0. The molecule has 0 aliphatic heterocycles. The Bertz CT molecular complexity index is 420. The number of allylic oxidation sites excluding steroid dienone is 3. The van der Waals surface area contributed by atoms with Gasteiger partial charge in [0.2, 0.25) is 0 Å². The predicted octanol–water partition coefficient (Wildman–Crippen LogP) is 3.48. The van der Waals surface area contributed by atoms with Crippen molar-refractivity contribution >= 4 is 5.78 Å². The van der Waals surface area contributed by atoms with Crippen molar-refractivity contribution in [2.75, 3.05) is 0 Å². The third-order valence-electron chi connectivity index (χ3n) is 2.35. The Labute approximate surface area is 96.8 Å². The zero-order chi connectivity index (χ0) is 11.8. The van der Waals surface area contributed by atoms with Gasteiger partial charge >= 0.3 is 0 Å². The summed E-state index contributed by atoms with van der Waals surface area (Å²) in [5.41, 5.74) is 4.44. The van der Waals surface area contributed by atoms with E-state index in [1.165, 1.54) is 5.56 Å². The third-order valence-corrected chi connectivity index (χ3v) is 2.35. The normalized spacial score (nSPS) is 10.1. The van der Waals surface area contributed by atoms with Gasteiger partial charge in [0.15, 0.2) is 5.78 Å². The monoisotopic (exact) mass is 212 g/mol. The fourth-order valence-electron chi connectivity index (χ4n) is 1.30. The largest absolute Gasteiger partial charge is 0.289 e. The highest BCUT2D eigenvalue weighted by atomic mass is 16.1. The van der Waals surface area contributed by atoms with Crippen LogP contribution in [-0.2, 0) is 11.2 Å². The molecule has 1 heteroatoms. The van der Waals surface area contributed by atoms with Crippen LogP contribution in [-0.4, -0.2) is 5.78 Å². The van der Waals surface area contributed by atoms with Crippen molar-refractivity contribution in [2.24, 2.45) is 0 Å². The van der Waals surface area contributed by atoms with Crippen LogP contribution < -0.4 is 0 Å². The number of rotatable bonds is 5. The fourth-order valence-corrected chi connectivity index (χ4v) is 1.30. The van der Waals surface area contributed by atoms with Crippen LogP contribution in [0, 0.1) is 0 Å². The van der Waals surface area contributed by atoms with Crippen LogP contribution >= 0.6 is 0 Å². The Morgan fingerprint density at radius 2 is 2.06 bits per heavy atom. The topological polar surface area (TPSA) is 17.1 Å². The molecule has 0 amide bonds. The summed E-state index contributed by atoms with van der Waals surface area (Å²) in [6.07, 6.45) is 5.33. The standard InChI is InChI=1S/C15H16O/c1-3-13(2)15(16)12-8-7-11-14-9-5-4-6-10-14/h4-6,8-10,12H,1,7,11H2,2H3/b12-8+. The number of hydrogen-bond acceptors (Lipinski definition) is 1. The predicted molar refractivity (Wildman–Crippen MR) is 67.2 cm³/mol. The molecule has 0 aromatic heterocycles. The first kappa shape index (κ1) is 12.2. The van der Waals surface area contributed by atoms with Crippen LogP contribution in [0.4, 0.5) is 0 Å². The molecule has 1 rings (SSSR count). The Morgan fingerprint density at radius 3 is 2.69 bits per heavy atom. The Morgan fingerprint density at radius 1 is 1.38 bits per heavy atom. The van der Waals surface area contributed by atoms with Crippen molar-refractivity contribution in [3.8, 4) is 0 Å². The average Bonchev–Trinajstić information content (AvgIpc) is 2.34. The van der Waals surface area contributed by atoms with Crippen LogP contribution in [0.25, 0.3) is 0 Å². The van der Waals surface area contributed by atoms with E-state index in [9.17, 15) is 4.79 Å². The van der Waals surface area contributed by atoms with Crippen LogP contribution in [0.3, 0.4) is 0 Å². The molecular weight excluding hydrogens is 196 g/mol. The van der Waals surface area contributed by atoms with E-state index in [4.69, 9.17) is 0 Å². The molecule has 16 heavy (non-hydrogen) atoms. The molecule has 0 N–H and O–H groups in total. The maximum atomic E-state index is 11.4. The van der Waals surface area contributed by atoms with E-state index < -0.39 is 0 Å². The summed E-state index contributed by atoms with van der Waals surface area (Å²) in [6, 6.07) is 10.2. The summed E-state index contributed by atoms with van der Waals surface area (Å²) in [5.74, 6) is -0.0111. The van der Waals surface area contributed by atoms with Crippen molar-refractivity contribution in [2.45, 2.75) is 19.8 Å². The highest BCUT2D eigenvalue weighted by Gasteiger charge is 1.96. The molecule has 0 heterocycles. The highest BCUT2D eigenvalue weighted by Crippen LogP contribution is 2.03. The number of carbonyl (C=O) groups is 1. The Kier molecular flexibility index (Phi) is 5.04. The summed E-state index contributed by atoms with van der Waals surface area (Å²) < 4.78 is 0. The fraction of sp³-hybridized carbons (Fsp3) is 0.200. The zero-order valence-electron chi connectivity index (χ0n) is 9.57. The molecule has 0 saturated carbocycles. The van der Waals surface area contributed by atoms with E-state index in [1.807, 2.05) is 24.3 Å². The van der Waals surface area contributed by atoms with Gasteiger partial charge in [0, 0.05) is 5.57 Å². The lowest BCUT2D eigenvalue weighted by Crippen LogP contribution is -1.92. The van der Waals surface area contributed by atoms with Gasteiger partial charge in [-0.15, -0.1) is 5.73 Å². The first-order valence-corrected chi connectivity index (χ1v) is 5.35. The molecule has 0 fully saturated rings. The third kappa shape index (κ3) is 4.12. The smallest absolute Gasteiger partial charge is 0.188 e. The lowest BCUT2D eigenvalue weighted by molar-refractivity contribution is -0.111. The number of carbonyl (C=O) groups excluding carboxylic acids is 1.